The number of thioether (sulfide) groups is 1. The maximum Gasteiger partial charge on any atom is 0.269 e. The van der Waals surface area contributed by atoms with Crippen molar-refractivity contribution in [1.29, 1.82) is 0 Å². The fraction of sp³-hybridized carbons (Fsp3) is 0.111. The van der Waals surface area contributed by atoms with E-state index in [4.69, 9.17) is 5.73 Å². The Morgan fingerprint density at radius 1 is 1.41 bits per heavy atom. The van der Waals surface area contributed by atoms with E-state index in [1.54, 1.807) is 12.1 Å². The van der Waals surface area contributed by atoms with Crippen molar-refractivity contribution in [3.8, 4) is 0 Å². The molecule has 0 radical (unpaired) electrons. The minimum absolute atomic E-state index is 0.0842. The quantitative estimate of drug-likeness (QED) is 0.485. The fourth-order valence-electron chi connectivity index (χ4n) is 1.18. The van der Waals surface area contributed by atoms with Gasteiger partial charge in [0.15, 0.2) is 0 Å². The van der Waals surface area contributed by atoms with Gasteiger partial charge in [0, 0.05) is 17.9 Å². The van der Waals surface area contributed by atoms with Crippen LogP contribution in [0.2, 0.25) is 0 Å². The molecule has 0 atom stereocenters. The third-order valence-electron chi connectivity index (χ3n) is 2.00. The first-order valence-electron chi connectivity index (χ1n) is 4.69. The molecule has 2 rings (SSSR count). The highest BCUT2D eigenvalue weighted by Crippen LogP contribution is 2.21. The number of rotatable bonds is 4. The SMILES string of the molecule is Nc1nc(SCc2ccc([N+](=O)[O-])cc2)n[nH]1. The normalized spacial score (nSPS) is 10.4. The number of nitro groups is 1. The molecule has 0 bridgehead atoms. The molecule has 0 aliphatic carbocycles. The highest BCUT2D eigenvalue weighted by Gasteiger charge is 2.05. The van der Waals surface area contributed by atoms with Crippen LogP contribution in [0.15, 0.2) is 29.4 Å². The number of hydrogen-bond acceptors (Lipinski definition) is 6. The molecule has 2 aromatic rings. The molecule has 0 spiro atoms. The number of nitrogens with two attached hydrogens (primary N) is 1. The maximum absolute atomic E-state index is 10.5. The van der Waals surface area contributed by atoms with Crippen LogP contribution < -0.4 is 5.73 Å². The highest BCUT2D eigenvalue weighted by atomic mass is 32.2. The third kappa shape index (κ3) is 2.94. The van der Waals surface area contributed by atoms with Gasteiger partial charge in [0.05, 0.1) is 4.92 Å². The van der Waals surface area contributed by atoms with Gasteiger partial charge in [-0.1, -0.05) is 23.9 Å². The topological polar surface area (TPSA) is 111 Å². The molecule has 0 aliphatic rings. The first-order chi connectivity index (χ1) is 8.15. The predicted molar refractivity (Wildman–Crippen MR) is 63.5 cm³/mol. The van der Waals surface area contributed by atoms with E-state index in [1.807, 2.05) is 0 Å². The van der Waals surface area contributed by atoms with Crippen LogP contribution in [0.25, 0.3) is 0 Å². The van der Waals surface area contributed by atoms with Gasteiger partial charge in [0.2, 0.25) is 11.1 Å². The average Bonchev–Trinajstić information content (AvgIpc) is 2.73. The summed E-state index contributed by atoms with van der Waals surface area (Å²) < 4.78 is 0. The van der Waals surface area contributed by atoms with Crippen molar-refractivity contribution in [2.75, 3.05) is 5.73 Å². The molecule has 3 N–H and O–H groups in total. The summed E-state index contributed by atoms with van der Waals surface area (Å²) in [6.07, 6.45) is 0. The largest absolute Gasteiger partial charge is 0.368 e. The van der Waals surface area contributed by atoms with Gasteiger partial charge in [-0.3, -0.25) is 10.1 Å². The summed E-state index contributed by atoms with van der Waals surface area (Å²) in [4.78, 5) is 14.0. The summed E-state index contributed by atoms with van der Waals surface area (Å²) in [5.74, 6) is 0.908. The van der Waals surface area contributed by atoms with Crippen molar-refractivity contribution in [2.24, 2.45) is 0 Å². The number of nitrogens with one attached hydrogen (secondary N) is 1. The number of nitrogens with zero attached hydrogens (tertiary/aromatic N) is 3. The second-order valence-corrected chi connectivity index (χ2v) is 4.16. The standard InChI is InChI=1S/C9H9N5O2S/c10-8-11-9(13-12-8)17-5-6-1-3-7(4-2-6)14(15)16/h1-4H,5H2,(H3,10,11,12,13). The van der Waals surface area contributed by atoms with Crippen molar-refractivity contribution < 1.29 is 4.92 Å². The van der Waals surface area contributed by atoms with E-state index in [1.165, 1.54) is 23.9 Å². The lowest BCUT2D eigenvalue weighted by atomic mass is 10.2. The number of H-pyrrole nitrogens is 1. The summed E-state index contributed by atoms with van der Waals surface area (Å²) in [7, 11) is 0. The number of non-ortho nitro benzene ring substituents is 1. The second-order valence-electron chi connectivity index (χ2n) is 3.22. The van der Waals surface area contributed by atoms with Crippen molar-refractivity contribution >= 4 is 23.4 Å². The van der Waals surface area contributed by atoms with Crippen LogP contribution in [0.5, 0.6) is 0 Å². The van der Waals surface area contributed by atoms with Gasteiger partial charge in [-0.2, -0.15) is 4.98 Å². The van der Waals surface area contributed by atoms with E-state index in [0.29, 0.717) is 10.9 Å². The number of aromatic amines is 1. The average molecular weight is 251 g/mol. The van der Waals surface area contributed by atoms with Gasteiger partial charge in [-0.05, 0) is 5.56 Å². The van der Waals surface area contributed by atoms with Crippen molar-refractivity contribution in [2.45, 2.75) is 10.9 Å². The number of anilines is 1. The van der Waals surface area contributed by atoms with E-state index >= 15 is 0 Å². The summed E-state index contributed by atoms with van der Waals surface area (Å²) >= 11 is 1.41. The molecule has 8 heteroatoms. The Hall–Kier alpha value is -2.09. The van der Waals surface area contributed by atoms with Crippen molar-refractivity contribution in [1.82, 2.24) is 15.2 Å². The number of nitrogen functional groups attached to an aromatic ring is 1. The van der Waals surface area contributed by atoms with Gasteiger partial charge in [0.1, 0.15) is 0 Å². The number of aromatic nitrogens is 3. The van der Waals surface area contributed by atoms with Gasteiger partial charge in [-0.25, -0.2) is 5.10 Å². The Morgan fingerprint density at radius 2 is 2.12 bits per heavy atom. The van der Waals surface area contributed by atoms with Crippen LogP contribution in [-0.2, 0) is 5.75 Å². The van der Waals surface area contributed by atoms with Crippen LogP contribution in [0.4, 0.5) is 11.6 Å². The predicted octanol–water partition coefficient (Wildman–Crippen LogP) is 1.59. The number of nitro benzene ring substituents is 1. The zero-order valence-corrected chi connectivity index (χ0v) is 9.48. The summed E-state index contributed by atoms with van der Waals surface area (Å²) in [5, 5.41) is 17.4. The van der Waals surface area contributed by atoms with E-state index in [0.717, 1.165) is 5.56 Å². The lowest BCUT2D eigenvalue weighted by Crippen LogP contribution is -1.88. The van der Waals surface area contributed by atoms with Crippen LogP contribution >= 0.6 is 11.8 Å². The molecular weight excluding hydrogens is 242 g/mol. The molecule has 0 fully saturated rings. The van der Waals surface area contributed by atoms with E-state index in [9.17, 15) is 10.1 Å². The lowest BCUT2D eigenvalue weighted by molar-refractivity contribution is -0.384. The Balaban J connectivity index is 1.97. The highest BCUT2D eigenvalue weighted by molar-refractivity contribution is 7.98. The van der Waals surface area contributed by atoms with E-state index in [-0.39, 0.29) is 11.6 Å². The van der Waals surface area contributed by atoms with Crippen LogP contribution in [0.3, 0.4) is 0 Å². The van der Waals surface area contributed by atoms with Gasteiger partial charge in [0.25, 0.3) is 5.69 Å². The van der Waals surface area contributed by atoms with Crippen LogP contribution in [0, 0.1) is 10.1 Å². The molecule has 1 heterocycles. The van der Waals surface area contributed by atoms with Crippen molar-refractivity contribution in [3.63, 3.8) is 0 Å². The third-order valence-corrected chi connectivity index (χ3v) is 2.92. The Kier molecular flexibility index (Phi) is 3.24. The fourth-order valence-corrected chi connectivity index (χ4v) is 1.95. The van der Waals surface area contributed by atoms with E-state index in [2.05, 4.69) is 15.2 Å². The monoisotopic (exact) mass is 251 g/mol. The summed E-state index contributed by atoms with van der Waals surface area (Å²) in [5.41, 5.74) is 6.43. The van der Waals surface area contributed by atoms with Gasteiger partial charge >= 0.3 is 0 Å². The molecular formula is C9H9N5O2S. The van der Waals surface area contributed by atoms with Crippen LogP contribution in [-0.4, -0.2) is 20.1 Å². The van der Waals surface area contributed by atoms with Gasteiger partial charge < -0.3 is 5.73 Å². The first-order valence-corrected chi connectivity index (χ1v) is 5.68. The minimum Gasteiger partial charge on any atom is -0.368 e. The second kappa shape index (κ2) is 4.83. The van der Waals surface area contributed by atoms with Crippen LogP contribution in [0.1, 0.15) is 5.56 Å². The molecule has 0 amide bonds. The molecule has 0 saturated carbocycles. The van der Waals surface area contributed by atoms with Crippen molar-refractivity contribution in [3.05, 3.63) is 39.9 Å². The molecule has 7 nitrogen and oxygen atoms in total. The molecule has 0 unspecified atom stereocenters. The number of hydrogen-bond donors (Lipinski definition) is 2. The number of benzene rings is 1. The first kappa shape index (κ1) is 11.4. The maximum atomic E-state index is 10.5. The molecule has 0 saturated heterocycles. The minimum atomic E-state index is -0.424. The van der Waals surface area contributed by atoms with Gasteiger partial charge in [-0.15, -0.1) is 5.10 Å². The molecule has 1 aromatic carbocycles. The Morgan fingerprint density at radius 3 is 2.65 bits per heavy atom. The molecule has 1 aromatic heterocycles. The smallest absolute Gasteiger partial charge is 0.269 e. The Bertz CT molecular complexity index is 524. The summed E-state index contributed by atoms with van der Waals surface area (Å²) in [6, 6.07) is 6.37. The molecule has 0 aliphatic heterocycles. The summed E-state index contributed by atoms with van der Waals surface area (Å²) in [6.45, 7) is 0. The molecule has 17 heavy (non-hydrogen) atoms. The zero-order valence-electron chi connectivity index (χ0n) is 8.66. The van der Waals surface area contributed by atoms with E-state index < -0.39 is 4.92 Å². The Labute approximate surface area is 101 Å². The zero-order chi connectivity index (χ0) is 12.3. The molecule has 88 valence electrons. The lowest BCUT2D eigenvalue weighted by Gasteiger charge is -1.97.